The van der Waals surface area contributed by atoms with E-state index < -0.39 is 20.6 Å². The zero-order chi connectivity index (χ0) is 14.8. The number of benzene rings is 1. The number of hydrogen-bond donors (Lipinski definition) is 0. The molecule has 0 bridgehead atoms. The molecule has 0 saturated carbocycles. The molecule has 0 aliphatic rings. The van der Waals surface area contributed by atoms with Gasteiger partial charge < -0.3 is 4.74 Å². The molecule has 0 unspecified atom stereocenters. The lowest BCUT2D eigenvalue weighted by Gasteiger charge is -2.19. The Morgan fingerprint density at radius 2 is 1.89 bits per heavy atom. The van der Waals surface area contributed by atoms with Gasteiger partial charge in [0.1, 0.15) is 5.60 Å². The third-order valence-corrected chi connectivity index (χ3v) is 3.69. The van der Waals surface area contributed by atoms with Gasteiger partial charge in [0.05, 0.1) is 11.3 Å². The Balaban J connectivity index is 3.06. The highest BCUT2D eigenvalue weighted by Crippen LogP contribution is 2.25. The number of rotatable bonds is 3. The number of halogens is 2. The summed E-state index contributed by atoms with van der Waals surface area (Å²) in [6, 6.07) is 4.15. The Morgan fingerprint density at radius 3 is 2.37 bits per heavy atom. The molecule has 19 heavy (non-hydrogen) atoms. The maximum Gasteiger partial charge on any atom is 0.310 e. The fraction of sp³-hybridized carbons (Fsp3) is 0.417. The lowest BCUT2D eigenvalue weighted by atomic mass is 10.1. The number of esters is 1. The highest BCUT2D eigenvalue weighted by molar-refractivity contribution is 8.13. The lowest BCUT2D eigenvalue weighted by Crippen LogP contribution is -2.25. The normalized spacial score (nSPS) is 12.3. The second kappa shape index (κ2) is 5.69. The number of carbonyl (C=O) groups excluding carboxylic acids is 1. The molecule has 1 rings (SSSR count). The van der Waals surface area contributed by atoms with E-state index >= 15 is 0 Å². The van der Waals surface area contributed by atoms with Crippen molar-refractivity contribution in [2.24, 2.45) is 0 Å². The molecule has 106 valence electrons. The van der Waals surface area contributed by atoms with E-state index in [0.717, 1.165) is 0 Å². The fourth-order valence-corrected chi connectivity index (χ4v) is 2.82. The molecular formula is C12H14Cl2O4S. The minimum atomic E-state index is -3.97. The molecule has 0 saturated heterocycles. The molecule has 7 heteroatoms. The molecule has 0 aromatic heterocycles. The van der Waals surface area contributed by atoms with Crippen LogP contribution in [0, 0.1) is 0 Å². The number of ether oxygens (including phenoxy) is 1. The standard InChI is InChI=1S/C12H14Cl2O4S/c1-12(2,3)18-11(15)6-8-4-5-9(13)7-10(8)19(14,16)17/h4-5,7H,6H2,1-3H3. The van der Waals surface area contributed by atoms with Gasteiger partial charge in [-0.3, -0.25) is 4.79 Å². The number of carbonyl (C=O) groups is 1. The third-order valence-electron chi connectivity index (χ3n) is 2.05. The predicted molar refractivity (Wildman–Crippen MR) is 74.0 cm³/mol. The van der Waals surface area contributed by atoms with Gasteiger partial charge in [0, 0.05) is 15.7 Å². The first-order valence-electron chi connectivity index (χ1n) is 5.44. The van der Waals surface area contributed by atoms with E-state index in [9.17, 15) is 13.2 Å². The van der Waals surface area contributed by atoms with Gasteiger partial charge in [-0.15, -0.1) is 0 Å². The van der Waals surface area contributed by atoms with Crippen LogP contribution in [-0.4, -0.2) is 20.0 Å². The van der Waals surface area contributed by atoms with E-state index in [1.807, 2.05) is 0 Å². The molecule has 0 aliphatic carbocycles. The van der Waals surface area contributed by atoms with Gasteiger partial charge in [-0.1, -0.05) is 17.7 Å². The van der Waals surface area contributed by atoms with Crippen molar-refractivity contribution in [2.75, 3.05) is 0 Å². The Morgan fingerprint density at radius 1 is 1.32 bits per heavy atom. The van der Waals surface area contributed by atoms with Crippen molar-refractivity contribution < 1.29 is 17.9 Å². The zero-order valence-electron chi connectivity index (χ0n) is 10.7. The van der Waals surface area contributed by atoms with Crippen molar-refractivity contribution in [2.45, 2.75) is 37.7 Å². The van der Waals surface area contributed by atoms with Gasteiger partial charge >= 0.3 is 5.97 Å². The minimum Gasteiger partial charge on any atom is -0.460 e. The summed E-state index contributed by atoms with van der Waals surface area (Å²) in [5.74, 6) is -0.531. The largest absolute Gasteiger partial charge is 0.460 e. The molecule has 0 atom stereocenters. The highest BCUT2D eigenvalue weighted by Gasteiger charge is 2.21. The molecule has 1 aromatic rings. The molecule has 4 nitrogen and oxygen atoms in total. The zero-order valence-corrected chi connectivity index (χ0v) is 13.1. The smallest absolute Gasteiger partial charge is 0.310 e. The second-order valence-electron chi connectivity index (χ2n) is 4.95. The van der Waals surface area contributed by atoms with Gasteiger partial charge in [-0.25, -0.2) is 8.42 Å². The van der Waals surface area contributed by atoms with E-state index in [0.29, 0.717) is 0 Å². The summed E-state index contributed by atoms with van der Waals surface area (Å²) >= 11 is 5.73. The van der Waals surface area contributed by atoms with Crippen molar-refractivity contribution in [3.05, 3.63) is 28.8 Å². The summed E-state index contributed by atoms with van der Waals surface area (Å²) in [5, 5.41) is 0.229. The van der Waals surface area contributed by atoms with E-state index in [1.54, 1.807) is 20.8 Å². The van der Waals surface area contributed by atoms with Gasteiger partial charge in [0.2, 0.25) is 0 Å². The van der Waals surface area contributed by atoms with Crippen LogP contribution in [0.5, 0.6) is 0 Å². The first kappa shape index (κ1) is 16.3. The topological polar surface area (TPSA) is 60.4 Å². The summed E-state index contributed by atoms with van der Waals surface area (Å²) in [5.41, 5.74) is -0.377. The molecule has 1 aromatic carbocycles. The van der Waals surface area contributed by atoms with E-state index in [4.69, 9.17) is 27.0 Å². The Bertz CT molecular complexity index is 588. The highest BCUT2D eigenvalue weighted by atomic mass is 35.7. The van der Waals surface area contributed by atoms with Crippen molar-refractivity contribution in [1.29, 1.82) is 0 Å². The van der Waals surface area contributed by atoms with Gasteiger partial charge in [-0.2, -0.15) is 0 Å². The van der Waals surface area contributed by atoms with Crippen molar-refractivity contribution in [1.82, 2.24) is 0 Å². The van der Waals surface area contributed by atoms with Crippen LogP contribution in [0.2, 0.25) is 5.02 Å². The van der Waals surface area contributed by atoms with Crippen molar-refractivity contribution in [3.8, 4) is 0 Å². The molecule has 0 fully saturated rings. The molecule has 0 heterocycles. The molecule has 0 amide bonds. The van der Waals surface area contributed by atoms with Crippen LogP contribution in [0.25, 0.3) is 0 Å². The Hall–Kier alpha value is -0.780. The molecule has 0 radical (unpaired) electrons. The van der Waals surface area contributed by atoms with Crippen LogP contribution in [0.3, 0.4) is 0 Å². The first-order chi connectivity index (χ1) is 8.49. The summed E-state index contributed by atoms with van der Waals surface area (Å²) in [6.45, 7) is 5.18. The van der Waals surface area contributed by atoms with Crippen LogP contribution in [-0.2, 0) is 25.0 Å². The van der Waals surface area contributed by atoms with Crippen LogP contribution in [0.1, 0.15) is 26.3 Å². The SMILES string of the molecule is CC(C)(C)OC(=O)Cc1ccc(Cl)cc1S(=O)(=O)Cl. The average molecular weight is 325 g/mol. The molecule has 0 N–H and O–H groups in total. The van der Waals surface area contributed by atoms with E-state index in [-0.39, 0.29) is 21.9 Å². The van der Waals surface area contributed by atoms with Crippen molar-refractivity contribution >= 4 is 37.3 Å². The van der Waals surface area contributed by atoms with Gasteiger partial charge in [0.15, 0.2) is 0 Å². The van der Waals surface area contributed by atoms with Crippen LogP contribution >= 0.6 is 22.3 Å². The second-order valence-corrected chi connectivity index (χ2v) is 7.92. The molecule has 0 spiro atoms. The monoisotopic (exact) mass is 324 g/mol. The van der Waals surface area contributed by atoms with Gasteiger partial charge in [0.25, 0.3) is 9.05 Å². The van der Waals surface area contributed by atoms with Crippen LogP contribution < -0.4 is 0 Å². The summed E-state index contributed by atoms with van der Waals surface area (Å²) < 4.78 is 28.0. The minimum absolute atomic E-state index is 0.174. The molecule has 0 aliphatic heterocycles. The third kappa shape index (κ3) is 5.38. The maximum absolute atomic E-state index is 11.7. The van der Waals surface area contributed by atoms with Crippen LogP contribution in [0.4, 0.5) is 0 Å². The fourth-order valence-electron chi connectivity index (χ4n) is 1.43. The Labute approximate surface area is 122 Å². The average Bonchev–Trinajstić information content (AvgIpc) is 2.16. The van der Waals surface area contributed by atoms with E-state index in [1.165, 1.54) is 18.2 Å². The maximum atomic E-state index is 11.7. The summed E-state index contributed by atoms with van der Waals surface area (Å²) in [4.78, 5) is 11.5. The first-order valence-corrected chi connectivity index (χ1v) is 8.13. The van der Waals surface area contributed by atoms with Gasteiger partial charge in [-0.05, 0) is 38.5 Å². The summed E-state index contributed by atoms with van der Waals surface area (Å²) in [6.07, 6.45) is -0.185. The Kier molecular flexibility index (Phi) is 4.87. The van der Waals surface area contributed by atoms with Crippen molar-refractivity contribution in [3.63, 3.8) is 0 Å². The predicted octanol–water partition coefficient (Wildman–Crippen LogP) is 3.15. The lowest BCUT2D eigenvalue weighted by molar-refractivity contribution is -0.153. The summed E-state index contributed by atoms with van der Waals surface area (Å²) in [7, 11) is 1.35. The quantitative estimate of drug-likeness (QED) is 0.633. The van der Waals surface area contributed by atoms with E-state index in [2.05, 4.69) is 0 Å². The molecular weight excluding hydrogens is 311 g/mol. The van der Waals surface area contributed by atoms with Crippen LogP contribution in [0.15, 0.2) is 23.1 Å². The number of hydrogen-bond acceptors (Lipinski definition) is 4.